The van der Waals surface area contributed by atoms with Crippen LogP contribution in [0.4, 0.5) is 0 Å². The molecular weight excluding hydrogens is 308 g/mol. The van der Waals surface area contributed by atoms with E-state index in [0.29, 0.717) is 0 Å². The maximum atomic E-state index is 10.9. The Morgan fingerprint density at radius 1 is 0.955 bits per heavy atom. The van der Waals surface area contributed by atoms with Gasteiger partial charge in [-0.2, -0.15) is 0 Å². The van der Waals surface area contributed by atoms with E-state index in [1.807, 2.05) is 0 Å². The van der Waals surface area contributed by atoms with Crippen molar-refractivity contribution in [3.63, 3.8) is 0 Å². The first-order valence-electron chi connectivity index (χ1n) is 6.47. The SMILES string of the molecule is O=C(O)[C@H]1OC(O)[C@H](O)[C@@H](OC2OC[C@@H](O)[C@H](O)[C@H]2O)[C@@H]1O. The van der Waals surface area contributed by atoms with Crippen molar-refractivity contribution in [3.05, 3.63) is 0 Å². The van der Waals surface area contributed by atoms with Crippen LogP contribution in [-0.4, -0.2) is 104 Å². The van der Waals surface area contributed by atoms with Crippen LogP contribution in [0.3, 0.4) is 0 Å². The van der Waals surface area contributed by atoms with Gasteiger partial charge in [0.25, 0.3) is 0 Å². The maximum absolute atomic E-state index is 10.9. The first kappa shape index (κ1) is 17.5. The number of aliphatic carboxylic acids is 1. The highest BCUT2D eigenvalue weighted by molar-refractivity contribution is 5.73. The molecule has 2 unspecified atom stereocenters. The normalized spacial score (nSPS) is 49.8. The lowest BCUT2D eigenvalue weighted by Gasteiger charge is -2.42. The van der Waals surface area contributed by atoms with E-state index >= 15 is 0 Å². The van der Waals surface area contributed by atoms with Gasteiger partial charge in [-0.3, -0.25) is 0 Å². The van der Waals surface area contributed by atoms with Gasteiger partial charge in [-0.25, -0.2) is 4.79 Å². The molecule has 128 valence electrons. The summed E-state index contributed by atoms with van der Waals surface area (Å²) in [6.07, 6.45) is -15.3. The number of carbonyl (C=O) groups is 1. The van der Waals surface area contributed by atoms with Crippen molar-refractivity contribution in [3.8, 4) is 0 Å². The van der Waals surface area contributed by atoms with E-state index in [9.17, 15) is 35.4 Å². The van der Waals surface area contributed by atoms with Crippen LogP contribution in [0, 0.1) is 0 Å². The Hall–Kier alpha value is -0.890. The van der Waals surface area contributed by atoms with Crippen molar-refractivity contribution in [2.24, 2.45) is 0 Å². The molecule has 22 heavy (non-hydrogen) atoms. The molecule has 0 aromatic rings. The molecule has 2 heterocycles. The number of hydrogen-bond donors (Lipinski definition) is 7. The fourth-order valence-electron chi connectivity index (χ4n) is 2.27. The monoisotopic (exact) mass is 326 g/mol. The highest BCUT2D eigenvalue weighted by Crippen LogP contribution is 2.26. The molecule has 11 heteroatoms. The van der Waals surface area contributed by atoms with Crippen LogP contribution in [0.15, 0.2) is 0 Å². The lowest BCUT2D eigenvalue weighted by molar-refractivity contribution is -0.339. The second-order valence-electron chi connectivity index (χ2n) is 5.12. The van der Waals surface area contributed by atoms with E-state index in [0.717, 1.165) is 0 Å². The summed E-state index contributed by atoms with van der Waals surface area (Å²) in [5, 5.41) is 66.5. The summed E-state index contributed by atoms with van der Waals surface area (Å²) in [5.74, 6) is -1.59. The third-order valence-electron chi connectivity index (χ3n) is 3.55. The summed E-state index contributed by atoms with van der Waals surface area (Å²) >= 11 is 0. The molecule has 2 fully saturated rings. The highest BCUT2D eigenvalue weighted by atomic mass is 16.7. The Morgan fingerprint density at radius 2 is 1.59 bits per heavy atom. The molecule has 2 aliphatic rings. The molecule has 2 aliphatic heterocycles. The van der Waals surface area contributed by atoms with E-state index in [2.05, 4.69) is 4.74 Å². The van der Waals surface area contributed by atoms with Crippen LogP contribution in [0.25, 0.3) is 0 Å². The Balaban J connectivity index is 2.10. The minimum absolute atomic E-state index is 0.386. The van der Waals surface area contributed by atoms with Gasteiger partial charge in [0.05, 0.1) is 6.61 Å². The molecule has 11 nitrogen and oxygen atoms in total. The van der Waals surface area contributed by atoms with Gasteiger partial charge in [-0.15, -0.1) is 0 Å². The van der Waals surface area contributed by atoms with Gasteiger partial charge < -0.3 is 50.0 Å². The topological polar surface area (TPSA) is 186 Å². The van der Waals surface area contributed by atoms with Crippen LogP contribution in [0.5, 0.6) is 0 Å². The molecule has 0 radical (unpaired) electrons. The molecule has 0 spiro atoms. The van der Waals surface area contributed by atoms with Crippen LogP contribution in [0.1, 0.15) is 0 Å². The van der Waals surface area contributed by atoms with E-state index in [1.165, 1.54) is 0 Å². The first-order chi connectivity index (χ1) is 10.2. The van der Waals surface area contributed by atoms with Gasteiger partial charge >= 0.3 is 5.97 Å². The second kappa shape index (κ2) is 6.70. The van der Waals surface area contributed by atoms with Crippen LogP contribution < -0.4 is 0 Å². The number of rotatable bonds is 3. The quantitative estimate of drug-likeness (QED) is 0.264. The van der Waals surface area contributed by atoms with E-state index in [-0.39, 0.29) is 6.61 Å². The number of aliphatic hydroxyl groups is 6. The summed E-state index contributed by atoms with van der Waals surface area (Å²) in [5.41, 5.74) is 0. The Morgan fingerprint density at radius 3 is 2.18 bits per heavy atom. The summed E-state index contributed by atoms with van der Waals surface area (Å²) in [4.78, 5) is 10.9. The number of ether oxygens (including phenoxy) is 3. The zero-order valence-corrected chi connectivity index (χ0v) is 11.2. The maximum Gasteiger partial charge on any atom is 0.335 e. The molecule has 2 saturated heterocycles. The standard InChI is InChI=1S/C11H18O11/c12-2-1-20-11(4(14)3(2)13)22-7-5(15)8(9(17)18)21-10(19)6(7)16/h2-8,10-16,19H,1H2,(H,17,18)/t2-,3+,4-,5+,6-,7+,8+,10?,11?/m1/s1. The Labute approximate surface area is 123 Å². The Kier molecular flexibility index (Phi) is 5.32. The number of carboxylic acids is 1. The fraction of sp³-hybridized carbons (Fsp3) is 0.909. The zero-order valence-electron chi connectivity index (χ0n) is 11.2. The minimum atomic E-state index is -1.94. The van der Waals surface area contributed by atoms with Crippen LogP contribution in [0.2, 0.25) is 0 Å². The van der Waals surface area contributed by atoms with E-state index < -0.39 is 61.3 Å². The van der Waals surface area contributed by atoms with Crippen molar-refractivity contribution in [2.75, 3.05) is 6.61 Å². The van der Waals surface area contributed by atoms with Crippen molar-refractivity contribution in [2.45, 2.75) is 55.3 Å². The van der Waals surface area contributed by atoms with Crippen molar-refractivity contribution in [1.29, 1.82) is 0 Å². The fourth-order valence-corrected chi connectivity index (χ4v) is 2.27. The second-order valence-corrected chi connectivity index (χ2v) is 5.12. The molecule has 0 aromatic carbocycles. The average molecular weight is 326 g/mol. The van der Waals surface area contributed by atoms with Crippen molar-refractivity contribution >= 4 is 5.97 Å². The van der Waals surface area contributed by atoms with E-state index in [4.69, 9.17) is 14.6 Å². The highest BCUT2D eigenvalue weighted by Gasteiger charge is 2.50. The number of aliphatic hydroxyl groups excluding tert-OH is 6. The van der Waals surface area contributed by atoms with Gasteiger partial charge in [0.1, 0.15) is 36.6 Å². The van der Waals surface area contributed by atoms with Crippen molar-refractivity contribution in [1.82, 2.24) is 0 Å². The summed E-state index contributed by atoms with van der Waals surface area (Å²) < 4.78 is 14.6. The van der Waals surface area contributed by atoms with Gasteiger partial charge in [-0.05, 0) is 0 Å². The van der Waals surface area contributed by atoms with Gasteiger partial charge in [0, 0.05) is 0 Å². The molecule has 7 N–H and O–H groups in total. The zero-order chi connectivity index (χ0) is 16.6. The van der Waals surface area contributed by atoms with Gasteiger partial charge in [0.2, 0.25) is 0 Å². The van der Waals surface area contributed by atoms with Crippen LogP contribution in [-0.2, 0) is 19.0 Å². The molecule has 2 rings (SSSR count). The number of hydrogen-bond acceptors (Lipinski definition) is 10. The lowest BCUT2D eigenvalue weighted by atomic mass is 9.98. The summed E-state index contributed by atoms with van der Waals surface area (Å²) in [6, 6.07) is 0. The smallest absolute Gasteiger partial charge is 0.335 e. The molecule has 0 saturated carbocycles. The lowest BCUT2D eigenvalue weighted by Crippen LogP contribution is -2.63. The first-order valence-corrected chi connectivity index (χ1v) is 6.47. The predicted molar refractivity (Wildman–Crippen MR) is 63.2 cm³/mol. The number of carboxylic acid groups (broad SMARTS) is 1. The molecule has 0 bridgehead atoms. The van der Waals surface area contributed by atoms with E-state index in [1.54, 1.807) is 0 Å². The summed E-state index contributed by atoms with van der Waals surface area (Å²) in [6.45, 7) is -0.386. The third kappa shape index (κ3) is 3.22. The molecular formula is C11H18O11. The molecule has 0 aromatic heterocycles. The van der Waals surface area contributed by atoms with Crippen molar-refractivity contribution < 1.29 is 54.8 Å². The van der Waals surface area contributed by atoms with Crippen LogP contribution >= 0.6 is 0 Å². The largest absolute Gasteiger partial charge is 0.479 e. The minimum Gasteiger partial charge on any atom is -0.479 e. The Bertz CT molecular complexity index is 403. The predicted octanol–water partition coefficient (Wildman–Crippen LogP) is -4.67. The molecule has 0 amide bonds. The third-order valence-corrected chi connectivity index (χ3v) is 3.55. The average Bonchev–Trinajstić information content (AvgIpc) is 2.46. The summed E-state index contributed by atoms with van der Waals surface area (Å²) in [7, 11) is 0. The van der Waals surface area contributed by atoms with Gasteiger partial charge in [0.15, 0.2) is 18.7 Å². The van der Waals surface area contributed by atoms with Gasteiger partial charge in [-0.1, -0.05) is 0 Å². The molecule has 0 aliphatic carbocycles. The molecule has 9 atom stereocenters.